The molecule has 1 heterocycles. The summed E-state index contributed by atoms with van der Waals surface area (Å²) in [4.78, 5) is 0. The average Bonchev–Trinajstić information content (AvgIpc) is 2.18. The summed E-state index contributed by atoms with van der Waals surface area (Å²) in [6.45, 7) is 6.90. The molecule has 1 aliphatic rings. The second-order valence-electron chi connectivity index (χ2n) is 5.48. The number of rotatable bonds is 4. The van der Waals surface area contributed by atoms with E-state index >= 15 is 0 Å². The summed E-state index contributed by atoms with van der Waals surface area (Å²) in [5, 5.41) is 0. The third-order valence-corrected chi connectivity index (χ3v) is 4.84. The molecule has 1 saturated heterocycles. The highest BCUT2D eigenvalue weighted by atomic mass is 79.9. The average molecular weight is 298 g/mol. The number of hydrogen-bond donors (Lipinski definition) is 1. The minimum atomic E-state index is 0.104. The lowest BCUT2D eigenvalue weighted by Gasteiger charge is -2.53. The molecule has 1 aliphatic heterocycles. The van der Waals surface area contributed by atoms with E-state index in [1.54, 1.807) is 0 Å². The fourth-order valence-electron chi connectivity index (χ4n) is 2.67. The maximum atomic E-state index is 5.75. The van der Waals surface area contributed by atoms with E-state index in [-0.39, 0.29) is 10.8 Å². The van der Waals surface area contributed by atoms with E-state index in [9.17, 15) is 0 Å². The molecule has 0 aromatic heterocycles. The molecular weight excluding hydrogens is 278 g/mol. The molecule has 0 saturated carbocycles. The van der Waals surface area contributed by atoms with Crippen LogP contribution < -0.4 is 5.73 Å². The summed E-state index contributed by atoms with van der Waals surface area (Å²) in [6, 6.07) is 8.45. The van der Waals surface area contributed by atoms with Crippen LogP contribution in [0.4, 0.5) is 0 Å². The minimum absolute atomic E-state index is 0.104. The van der Waals surface area contributed by atoms with Crippen LogP contribution in [-0.2, 0) is 10.2 Å². The maximum absolute atomic E-state index is 5.75. The van der Waals surface area contributed by atoms with E-state index < -0.39 is 0 Å². The smallest absolute Gasteiger partial charge is 0.0591 e. The molecule has 0 radical (unpaired) electrons. The van der Waals surface area contributed by atoms with Crippen molar-refractivity contribution in [1.82, 2.24) is 0 Å². The first-order valence-corrected chi connectivity index (χ1v) is 6.86. The number of hydrogen-bond acceptors (Lipinski definition) is 2. The molecule has 0 atom stereocenters. The number of benzene rings is 1. The molecule has 3 heteroatoms. The van der Waals surface area contributed by atoms with Crippen LogP contribution in [0.5, 0.6) is 0 Å². The first kappa shape index (κ1) is 13.1. The molecule has 0 unspecified atom stereocenters. The molecule has 0 bridgehead atoms. The van der Waals surface area contributed by atoms with Gasteiger partial charge < -0.3 is 10.5 Å². The predicted octanol–water partition coefficient (Wildman–Crippen LogP) is 3.09. The maximum Gasteiger partial charge on any atom is 0.0591 e. The van der Waals surface area contributed by atoms with Crippen LogP contribution in [0, 0.1) is 5.41 Å². The Morgan fingerprint density at radius 1 is 1.35 bits per heavy atom. The topological polar surface area (TPSA) is 35.2 Å². The Hall–Kier alpha value is -0.380. The van der Waals surface area contributed by atoms with Crippen molar-refractivity contribution in [2.75, 3.05) is 19.8 Å². The number of halogens is 1. The Bertz CT molecular complexity index is 399. The van der Waals surface area contributed by atoms with Crippen LogP contribution in [-0.4, -0.2) is 19.8 Å². The summed E-state index contributed by atoms with van der Waals surface area (Å²) in [6.07, 6.45) is 1.01. The predicted molar refractivity (Wildman–Crippen MR) is 74.1 cm³/mol. The Labute approximate surface area is 112 Å². The zero-order valence-corrected chi connectivity index (χ0v) is 12.1. The quantitative estimate of drug-likeness (QED) is 0.927. The molecule has 1 fully saturated rings. The van der Waals surface area contributed by atoms with Crippen LogP contribution >= 0.6 is 15.9 Å². The molecule has 0 aliphatic carbocycles. The SMILES string of the molecule is CC(C)(CCN)C1(c2ccccc2Br)COC1. The zero-order chi connectivity index (χ0) is 12.5. The molecule has 0 amide bonds. The van der Waals surface area contributed by atoms with Gasteiger partial charge in [-0.2, -0.15) is 0 Å². The van der Waals surface area contributed by atoms with Crippen molar-refractivity contribution in [3.63, 3.8) is 0 Å². The largest absolute Gasteiger partial charge is 0.379 e. The van der Waals surface area contributed by atoms with Crippen molar-refractivity contribution in [3.8, 4) is 0 Å². The number of ether oxygens (including phenoxy) is 1. The van der Waals surface area contributed by atoms with Crippen LogP contribution in [0.2, 0.25) is 0 Å². The zero-order valence-electron chi connectivity index (χ0n) is 10.5. The van der Waals surface area contributed by atoms with Crippen molar-refractivity contribution < 1.29 is 4.74 Å². The molecule has 2 N–H and O–H groups in total. The second-order valence-corrected chi connectivity index (χ2v) is 6.33. The fourth-order valence-corrected chi connectivity index (χ4v) is 3.33. The van der Waals surface area contributed by atoms with Crippen molar-refractivity contribution in [2.45, 2.75) is 25.7 Å². The van der Waals surface area contributed by atoms with Gasteiger partial charge in [0.15, 0.2) is 0 Å². The van der Waals surface area contributed by atoms with Crippen molar-refractivity contribution in [3.05, 3.63) is 34.3 Å². The Morgan fingerprint density at radius 2 is 2.00 bits per heavy atom. The normalized spacial score (nSPS) is 18.8. The summed E-state index contributed by atoms with van der Waals surface area (Å²) < 4.78 is 6.69. The van der Waals surface area contributed by atoms with E-state index in [1.165, 1.54) is 10.0 Å². The standard InChI is InChI=1S/C14H20BrNO/c1-13(2,7-8-16)14(9-17-10-14)11-5-3-4-6-12(11)15/h3-6H,7-10,16H2,1-2H3. The van der Waals surface area contributed by atoms with Gasteiger partial charge in [-0.05, 0) is 30.0 Å². The van der Waals surface area contributed by atoms with Gasteiger partial charge >= 0.3 is 0 Å². The van der Waals surface area contributed by atoms with Gasteiger partial charge in [0.2, 0.25) is 0 Å². The molecule has 94 valence electrons. The molecule has 1 aromatic rings. The highest BCUT2D eigenvalue weighted by Gasteiger charge is 2.52. The number of nitrogens with two attached hydrogens (primary N) is 1. The van der Waals surface area contributed by atoms with Gasteiger partial charge in [0.25, 0.3) is 0 Å². The minimum Gasteiger partial charge on any atom is -0.379 e. The monoisotopic (exact) mass is 297 g/mol. The van der Waals surface area contributed by atoms with Gasteiger partial charge in [-0.25, -0.2) is 0 Å². The van der Waals surface area contributed by atoms with E-state index in [2.05, 4.69) is 54.0 Å². The van der Waals surface area contributed by atoms with E-state index in [0.29, 0.717) is 0 Å². The lowest BCUT2D eigenvalue weighted by molar-refractivity contribution is -0.121. The van der Waals surface area contributed by atoms with E-state index in [4.69, 9.17) is 10.5 Å². The van der Waals surface area contributed by atoms with Gasteiger partial charge in [0.05, 0.1) is 13.2 Å². The lowest BCUT2D eigenvalue weighted by Crippen LogP contribution is -2.57. The highest BCUT2D eigenvalue weighted by Crippen LogP contribution is 2.50. The third-order valence-electron chi connectivity index (χ3n) is 4.15. The van der Waals surface area contributed by atoms with E-state index in [0.717, 1.165) is 26.2 Å². The summed E-state index contributed by atoms with van der Waals surface area (Å²) in [7, 11) is 0. The molecular formula is C14H20BrNO. The summed E-state index contributed by atoms with van der Waals surface area (Å²) in [5.41, 5.74) is 7.37. The van der Waals surface area contributed by atoms with Gasteiger partial charge in [-0.1, -0.05) is 48.0 Å². The second kappa shape index (κ2) is 4.71. The highest BCUT2D eigenvalue weighted by molar-refractivity contribution is 9.10. The van der Waals surface area contributed by atoms with Crippen molar-refractivity contribution >= 4 is 15.9 Å². The fraction of sp³-hybridized carbons (Fsp3) is 0.571. The van der Waals surface area contributed by atoms with Crippen LogP contribution in [0.25, 0.3) is 0 Å². The van der Waals surface area contributed by atoms with Crippen LogP contribution in [0.3, 0.4) is 0 Å². The summed E-state index contributed by atoms with van der Waals surface area (Å²) >= 11 is 3.66. The Balaban J connectivity index is 2.42. The lowest BCUT2D eigenvalue weighted by atomic mass is 9.59. The van der Waals surface area contributed by atoms with Gasteiger partial charge in [0.1, 0.15) is 0 Å². The Morgan fingerprint density at radius 3 is 2.47 bits per heavy atom. The van der Waals surface area contributed by atoms with Gasteiger partial charge in [0, 0.05) is 9.89 Å². The third kappa shape index (κ3) is 2.05. The van der Waals surface area contributed by atoms with Gasteiger partial charge in [-0.15, -0.1) is 0 Å². The van der Waals surface area contributed by atoms with Crippen molar-refractivity contribution in [2.24, 2.45) is 11.1 Å². The molecule has 2 nitrogen and oxygen atoms in total. The van der Waals surface area contributed by atoms with Crippen LogP contribution in [0.1, 0.15) is 25.8 Å². The summed E-state index contributed by atoms with van der Waals surface area (Å²) in [5.74, 6) is 0. The van der Waals surface area contributed by atoms with Crippen molar-refractivity contribution in [1.29, 1.82) is 0 Å². The molecule has 0 spiro atoms. The molecule has 1 aromatic carbocycles. The first-order chi connectivity index (χ1) is 8.03. The molecule has 2 rings (SSSR count). The first-order valence-electron chi connectivity index (χ1n) is 6.06. The van der Waals surface area contributed by atoms with Crippen LogP contribution in [0.15, 0.2) is 28.7 Å². The molecule has 17 heavy (non-hydrogen) atoms. The van der Waals surface area contributed by atoms with Gasteiger partial charge in [-0.3, -0.25) is 0 Å². The Kier molecular flexibility index (Phi) is 3.62. The van der Waals surface area contributed by atoms with E-state index in [1.807, 2.05) is 0 Å².